The third-order valence-electron chi connectivity index (χ3n) is 6.08. The van der Waals surface area contributed by atoms with Crippen LogP contribution in [0.1, 0.15) is 49.7 Å². The lowest BCUT2D eigenvalue weighted by atomic mass is 10.0. The number of nitrogens with zero attached hydrogens (tertiary/aromatic N) is 2. The van der Waals surface area contributed by atoms with Gasteiger partial charge in [-0.2, -0.15) is 0 Å². The van der Waals surface area contributed by atoms with E-state index in [9.17, 15) is 23.9 Å². The first-order chi connectivity index (χ1) is 17.8. The molecular formula is C26H27ClFN5O4. The molecule has 1 saturated heterocycles. The zero-order valence-corrected chi connectivity index (χ0v) is 20.7. The van der Waals surface area contributed by atoms with E-state index in [1.54, 1.807) is 24.3 Å². The number of aromatic amines is 1. The van der Waals surface area contributed by atoms with Crippen molar-refractivity contribution in [2.75, 3.05) is 31.5 Å². The van der Waals surface area contributed by atoms with Crippen LogP contribution in [0.25, 0.3) is 0 Å². The van der Waals surface area contributed by atoms with Gasteiger partial charge in [0, 0.05) is 37.3 Å². The molecule has 3 aromatic rings. The molecule has 1 aromatic heterocycles. The fourth-order valence-corrected chi connectivity index (χ4v) is 4.45. The lowest BCUT2D eigenvalue weighted by molar-refractivity contribution is 0.0702. The zero-order chi connectivity index (χ0) is 26.4. The highest BCUT2D eigenvalue weighted by atomic mass is 35.5. The van der Waals surface area contributed by atoms with Gasteiger partial charge in [0.25, 0.3) is 11.8 Å². The minimum atomic E-state index is -0.563. The van der Waals surface area contributed by atoms with Crippen LogP contribution in [0.4, 0.5) is 10.1 Å². The van der Waals surface area contributed by atoms with Gasteiger partial charge >= 0.3 is 0 Å². The second-order valence-corrected chi connectivity index (χ2v) is 9.26. The maximum atomic E-state index is 13.2. The molecule has 1 atom stereocenters. The maximum Gasteiger partial charge on any atom is 0.276 e. The Morgan fingerprint density at radius 1 is 1.16 bits per heavy atom. The Morgan fingerprint density at radius 2 is 1.95 bits per heavy atom. The number of carbonyl (C=O) groups excluding carboxylic acids is 3. The number of amides is 2. The van der Waals surface area contributed by atoms with Crippen LogP contribution in [0.5, 0.6) is 0 Å². The monoisotopic (exact) mass is 527 g/mol. The van der Waals surface area contributed by atoms with Crippen molar-refractivity contribution in [1.29, 1.82) is 0 Å². The number of imidazole rings is 1. The van der Waals surface area contributed by atoms with Gasteiger partial charge in [0.2, 0.25) is 0 Å². The van der Waals surface area contributed by atoms with E-state index in [1.165, 1.54) is 18.5 Å². The molecule has 2 amide bonds. The van der Waals surface area contributed by atoms with Crippen LogP contribution in [0, 0.1) is 5.82 Å². The van der Waals surface area contributed by atoms with Gasteiger partial charge < -0.3 is 20.7 Å². The van der Waals surface area contributed by atoms with Gasteiger partial charge in [-0.1, -0.05) is 23.7 Å². The summed E-state index contributed by atoms with van der Waals surface area (Å²) in [7, 11) is 0. The van der Waals surface area contributed by atoms with E-state index in [-0.39, 0.29) is 40.3 Å². The summed E-state index contributed by atoms with van der Waals surface area (Å²) in [6.07, 6.45) is 2.70. The van der Waals surface area contributed by atoms with Crippen molar-refractivity contribution >= 4 is 34.9 Å². The number of aromatic nitrogens is 2. The van der Waals surface area contributed by atoms with Crippen molar-refractivity contribution in [3.63, 3.8) is 0 Å². The van der Waals surface area contributed by atoms with E-state index in [0.717, 1.165) is 25.5 Å². The second-order valence-electron chi connectivity index (χ2n) is 8.85. The number of piperidine rings is 1. The van der Waals surface area contributed by atoms with Crippen LogP contribution in [0.2, 0.25) is 5.02 Å². The highest BCUT2D eigenvalue weighted by Gasteiger charge is 2.22. The van der Waals surface area contributed by atoms with E-state index in [0.29, 0.717) is 30.9 Å². The van der Waals surface area contributed by atoms with E-state index in [2.05, 4.69) is 25.5 Å². The highest BCUT2D eigenvalue weighted by Crippen LogP contribution is 2.20. The highest BCUT2D eigenvalue weighted by molar-refractivity contribution is 6.34. The molecule has 0 radical (unpaired) electrons. The van der Waals surface area contributed by atoms with Crippen molar-refractivity contribution in [2.45, 2.75) is 25.4 Å². The smallest absolute Gasteiger partial charge is 0.276 e. The van der Waals surface area contributed by atoms with Crippen LogP contribution in [-0.2, 0) is 6.42 Å². The summed E-state index contributed by atoms with van der Waals surface area (Å²) >= 11 is 5.97. The molecule has 194 valence electrons. The summed E-state index contributed by atoms with van der Waals surface area (Å²) in [6, 6.07) is 10.3. The summed E-state index contributed by atoms with van der Waals surface area (Å²) in [6.45, 7) is 2.42. The minimum Gasteiger partial charge on any atom is -0.392 e. The third-order valence-corrected chi connectivity index (χ3v) is 6.40. The molecule has 0 spiro atoms. The van der Waals surface area contributed by atoms with Crippen molar-refractivity contribution in [3.05, 3.63) is 82.1 Å². The molecule has 0 aliphatic carbocycles. The van der Waals surface area contributed by atoms with Gasteiger partial charge in [0.15, 0.2) is 11.5 Å². The molecule has 0 bridgehead atoms. The van der Waals surface area contributed by atoms with Gasteiger partial charge in [-0.25, -0.2) is 9.37 Å². The van der Waals surface area contributed by atoms with Crippen molar-refractivity contribution < 1.29 is 23.9 Å². The number of anilines is 1. The van der Waals surface area contributed by atoms with Gasteiger partial charge in [0.05, 0.1) is 17.5 Å². The number of Topliss-reactive ketones (excluding diaryl/α,β-unsaturated/α-hetero) is 1. The van der Waals surface area contributed by atoms with Crippen LogP contribution < -0.4 is 10.6 Å². The number of carbonyl (C=O) groups is 3. The predicted molar refractivity (Wildman–Crippen MR) is 136 cm³/mol. The largest absolute Gasteiger partial charge is 0.392 e. The summed E-state index contributed by atoms with van der Waals surface area (Å²) < 4.78 is 13.2. The Bertz CT molecular complexity index is 1280. The molecule has 2 aromatic carbocycles. The third kappa shape index (κ3) is 7.00. The molecule has 37 heavy (non-hydrogen) atoms. The Labute approximate surface area is 218 Å². The van der Waals surface area contributed by atoms with E-state index in [1.807, 2.05) is 0 Å². The number of β-amino-alcohol motifs (C(OH)–C–C–N with tert-alkyl or cyclic N) is 1. The van der Waals surface area contributed by atoms with E-state index >= 15 is 0 Å². The van der Waals surface area contributed by atoms with E-state index in [4.69, 9.17) is 11.6 Å². The number of halogens is 2. The van der Waals surface area contributed by atoms with Gasteiger partial charge in [-0.15, -0.1) is 0 Å². The van der Waals surface area contributed by atoms with Crippen LogP contribution in [0.15, 0.2) is 48.8 Å². The van der Waals surface area contributed by atoms with Gasteiger partial charge in [-0.3, -0.25) is 19.3 Å². The molecule has 1 unspecified atom stereocenters. The standard InChI is InChI=1S/C26H27ClFN5O4/c27-21-13-17(28)5-8-20(21)22(35)12-16-3-6-18(7-4-16)32-26(37)24-23(30-15-31-24)25(36)29-9-11-33-10-1-2-19(34)14-33/h3-8,13,15,19,34H,1-2,9-12,14H2,(H,29,36)(H,30,31)(H,32,37). The quantitative estimate of drug-likeness (QED) is 0.317. The molecular weight excluding hydrogens is 501 g/mol. The molecule has 4 rings (SSSR count). The van der Waals surface area contributed by atoms with Crippen molar-refractivity contribution in [2.24, 2.45) is 0 Å². The Morgan fingerprint density at radius 3 is 2.68 bits per heavy atom. The molecule has 0 saturated carbocycles. The fraction of sp³-hybridized carbons (Fsp3) is 0.308. The van der Waals surface area contributed by atoms with Crippen molar-refractivity contribution in [1.82, 2.24) is 20.2 Å². The number of ketones is 1. The molecule has 11 heteroatoms. The number of aliphatic hydroxyl groups is 1. The van der Waals surface area contributed by atoms with Crippen molar-refractivity contribution in [3.8, 4) is 0 Å². The first-order valence-corrected chi connectivity index (χ1v) is 12.3. The molecule has 1 aliphatic rings. The number of aliphatic hydroxyl groups excluding tert-OH is 1. The first-order valence-electron chi connectivity index (χ1n) is 11.9. The number of H-pyrrole nitrogens is 1. The topological polar surface area (TPSA) is 127 Å². The number of hydrogen-bond donors (Lipinski definition) is 4. The lowest BCUT2D eigenvalue weighted by Gasteiger charge is -2.29. The number of nitrogens with one attached hydrogen (secondary N) is 3. The Kier molecular flexibility index (Phi) is 8.65. The molecule has 1 fully saturated rings. The molecule has 4 N–H and O–H groups in total. The van der Waals surface area contributed by atoms with Crippen LogP contribution in [-0.4, -0.2) is 69.9 Å². The summed E-state index contributed by atoms with van der Waals surface area (Å²) in [5, 5.41) is 15.3. The van der Waals surface area contributed by atoms with E-state index < -0.39 is 17.6 Å². The summed E-state index contributed by atoms with van der Waals surface area (Å²) in [5.74, 6) is -1.79. The number of hydrogen-bond acceptors (Lipinski definition) is 6. The van der Waals surface area contributed by atoms with Gasteiger partial charge in [-0.05, 0) is 55.3 Å². The number of benzene rings is 2. The van der Waals surface area contributed by atoms with Crippen LogP contribution in [0.3, 0.4) is 0 Å². The summed E-state index contributed by atoms with van der Waals surface area (Å²) in [5.41, 5.74) is 1.38. The second kappa shape index (κ2) is 12.1. The molecule has 2 heterocycles. The molecule has 9 nitrogen and oxygen atoms in total. The number of likely N-dealkylation sites (tertiary alicyclic amines) is 1. The Hall–Kier alpha value is -3.60. The minimum absolute atomic E-state index is 0.0453. The number of rotatable bonds is 9. The first kappa shape index (κ1) is 26.5. The molecule has 1 aliphatic heterocycles. The average molecular weight is 528 g/mol. The van der Waals surface area contributed by atoms with Crippen LogP contribution >= 0.6 is 11.6 Å². The van der Waals surface area contributed by atoms with Gasteiger partial charge in [0.1, 0.15) is 11.5 Å². The SMILES string of the molecule is O=C(Cc1ccc(NC(=O)c2nc[nH]c2C(=O)NCCN2CCCC(O)C2)cc1)c1ccc(F)cc1Cl. The summed E-state index contributed by atoms with van der Waals surface area (Å²) in [4.78, 5) is 46.7. The fourth-order valence-electron chi connectivity index (χ4n) is 4.18. The maximum absolute atomic E-state index is 13.2. The zero-order valence-electron chi connectivity index (χ0n) is 20.0. The average Bonchev–Trinajstić information content (AvgIpc) is 3.36. The normalized spacial score (nSPS) is 15.8. The predicted octanol–water partition coefficient (Wildman–Crippen LogP) is 3.07. The lowest BCUT2D eigenvalue weighted by Crippen LogP contribution is -2.42. The Balaban J connectivity index is 1.31.